The zero-order valence-electron chi connectivity index (χ0n) is 10.5. The highest BCUT2D eigenvalue weighted by atomic mass is 16.5. The number of benzene rings is 2. The lowest BCUT2D eigenvalue weighted by atomic mass is 10.1. The summed E-state index contributed by atoms with van der Waals surface area (Å²) in [6.07, 6.45) is -1.12. The fourth-order valence-corrected chi connectivity index (χ4v) is 1.73. The number of Topliss-reactive ketones (excluding diaryl/α,β-unsaturated/α-hetero) is 1. The monoisotopic (exact) mass is 256 g/mol. The largest absolute Gasteiger partial charge is 0.382 e. The summed E-state index contributed by atoms with van der Waals surface area (Å²) in [5.74, 6) is -0.311. The van der Waals surface area contributed by atoms with Crippen LogP contribution < -0.4 is 0 Å². The fourth-order valence-electron chi connectivity index (χ4n) is 1.73. The first-order valence-corrected chi connectivity index (χ1v) is 6.16. The fraction of sp³-hybridized carbons (Fsp3) is 0.188. The Morgan fingerprint density at radius 1 is 1.00 bits per heavy atom. The smallest absolute Gasteiger partial charge is 0.193 e. The van der Waals surface area contributed by atoms with Crippen molar-refractivity contribution < 1.29 is 14.6 Å². The molecule has 2 aromatic rings. The molecular formula is C16H16O3. The topological polar surface area (TPSA) is 46.5 Å². The second-order valence-electron chi connectivity index (χ2n) is 4.25. The van der Waals surface area contributed by atoms with Gasteiger partial charge in [-0.15, -0.1) is 0 Å². The molecule has 0 spiro atoms. The average molecular weight is 256 g/mol. The molecule has 0 bridgehead atoms. The Bertz CT molecular complexity index is 508. The van der Waals surface area contributed by atoms with E-state index in [1.54, 1.807) is 24.3 Å². The first kappa shape index (κ1) is 13.5. The van der Waals surface area contributed by atoms with Gasteiger partial charge < -0.3 is 9.84 Å². The first-order chi connectivity index (χ1) is 9.27. The third-order valence-electron chi connectivity index (χ3n) is 2.75. The summed E-state index contributed by atoms with van der Waals surface area (Å²) in [6.45, 7) is 0.391. The van der Waals surface area contributed by atoms with Gasteiger partial charge in [-0.05, 0) is 5.56 Å². The van der Waals surface area contributed by atoms with Crippen LogP contribution >= 0.6 is 0 Å². The maximum Gasteiger partial charge on any atom is 0.193 e. The lowest BCUT2D eigenvalue weighted by Gasteiger charge is -2.10. The number of carbonyl (C=O) groups excluding carboxylic acids is 1. The number of hydrogen-bond donors (Lipinski definition) is 1. The number of aliphatic hydroxyl groups is 1. The van der Waals surface area contributed by atoms with E-state index in [1.165, 1.54) is 0 Å². The molecule has 98 valence electrons. The highest BCUT2D eigenvalue weighted by molar-refractivity contribution is 5.99. The number of ether oxygens (including phenoxy) is 1. The van der Waals surface area contributed by atoms with Crippen LogP contribution in [0.2, 0.25) is 0 Å². The SMILES string of the molecule is O=C(c1ccccc1)C(O)COCc1ccccc1. The van der Waals surface area contributed by atoms with Gasteiger partial charge in [0.05, 0.1) is 13.2 Å². The third-order valence-corrected chi connectivity index (χ3v) is 2.75. The van der Waals surface area contributed by atoms with Crippen molar-refractivity contribution in [2.75, 3.05) is 6.61 Å². The van der Waals surface area contributed by atoms with E-state index in [4.69, 9.17) is 4.74 Å². The molecule has 3 nitrogen and oxygen atoms in total. The van der Waals surface area contributed by atoms with Crippen molar-refractivity contribution in [2.24, 2.45) is 0 Å². The highest BCUT2D eigenvalue weighted by Gasteiger charge is 2.16. The average Bonchev–Trinajstić information content (AvgIpc) is 2.48. The third kappa shape index (κ3) is 4.02. The molecule has 0 saturated heterocycles. The first-order valence-electron chi connectivity index (χ1n) is 6.16. The molecule has 1 atom stereocenters. The number of aliphatic hydroxyl groups excluding tert-OH is 1. The quantitative estimate of drug-likeness (QED) is 0.807. The van der Waals surface area contributed by atoms with Gasteiger partial charge in [0.1, 0.15) is 6.10 Å². The Kier molecular flexibility index (Phi) is 4.84. The summed E-state index contributed by atoms with van der Waals surface area (Å²) in [4.78, 5) is 11.9. The van der Waals surface area contributed by atoms with Crippen molar-refractivity contribution in [2.45, 2.75) is 12.7 Å². The van der Waals surface area contributed by atoms with Crippen molar-refractivity contribution in [1.82, 2.24) is 0 Å². The van der Waals surface area contributed by atoms with Crippen LogP contribution in [-0.2, 0) is 11.3 Å². The van der Waals surface area contributed by atoms with Crippen LogP contribution in [-0.4, -0.2) is 23.6 Å². The molecule has 0 saturated carbocycles. The minimum absolute atomic E-state index is 0.00260. The molecule has 19 heavy (non-hydrogen) atoms. The van der Waals surface area contributed by atoms with Crippen LogP contribution in [0.25, 0.3) is 0 Å². The van der Waals surface area contributed by atoms with Crippen molar-refractivity contribution in [3.8, 4) is 0 Å². The van der Waals surface area contributed by atoms with Crippen LogP contribution in [0.3, 0.4) is 0 Å². The molecule has 1 N–H and O–H groups in total. The van der Waals surface area contributed by atoms with E-state index < -0.39 is 6.10 Å². The van der Waals surface area contributed by atoms with E-state index in [-0.39, 0.29) is 12.4 Å². The van der Waals surface area contributed by atoms with Gasteiger partial charge in [-0.1, -0.05) is 60.7 Å². The van der Waals surface area contributed by atoms with Gasteiger partial charge >= 0.3 is 0 Å². The molecule has 0 heterocycles. The van der Waals surface area contributed by atoms with Crippen LogP contribution in [0.4, 0.5) is 0 Å². The summed E-state index contributed by atoms with van der Waals surface area (Å²) in [5, 5.41) is 9.77. The number of hydrogen-bond acceptors (Lipinski definition) is 3. The standard InChI is InChI=1S/C16H16O3/c17-15(16(18)14-9-5-2-6-10-14)12-19-11-13-7-3-1-4-8-13/h1-10,15,17H,11-12H2. The van der Waals surface area contributed by atoms with Gasteiger partial charge in [-0.3, -0.25) is 4.79 Å². The van der Waals surface area contributed by atoms with Crippen molar-refractivity contribution in [3.63, 3.8) is 0 Å². The van der Waals surface area contributed by atoms with Crippen LogP contribution in [0.5, 0.6) is 0 Å². The Labute approximate surface area is 112 Å². The number of ketones is 1. The predicted molar refractivity (Wildman–Crippen MR) is 72.9 cm³/mol. The second-order valence-corrected chi connectivity index (χ2v) is 4.25. The zero-order chi connectivity index (χ0) is 13.5. The lowest BCUT2D eigenvalue weighted by molar-refractivity contribution is 0.0271. The van der Waals surface area contributed by atoms with Gasteiger partial charge in [0.25, 0.3) is 0 Å². The molecule has 0 aliphatic carbocycles. The Morgan fingerprint density at radius 2 is 1.58 bits per heavy atom. The molecule has 0 radical (unpaired) electrons. The van der Waals surface area contributed by atoms with E-state index in [2.05, 4.69) is 0 Å². The van der Waals surface area contributed by atoms with Gasteiger partial charge in [0, 0.05) is 5.56 Å². The predicted octanol–water partition coefficient (Wildman–Crippen LogP) is 2.45. The summed E-state index contributed by atoms with van der Waals surface area (Å²) in [7, 11) is 0. The van der Waals surface area contributed by atoms with Gasteiger partial charge in [-0.25, -0.2) is 0 Å². The molecule has 2 rings (SSSR count). The molecular weight excluding hydrogens is 240 g/mol. The highest BCUT2D eigenvalue weighted by Crippen LogP contribution is 2.06. The number of rotatable bonds is 6. The Hall–Kier alpha value is -1.97. The van der Waals surface area contributed by atoms with Gasteiger partial charge in [0.15, 0.2) is 5.78 Å². The van der Waals surface area contributed by atoms with E-state index >= 15 is 0 Å². The van der Waals surface area contributed by atoms with Crippen LogP contribution in [0, 0.1) is 0 Å². The maximum absolute atomic E-state index is 11.9. The van der Waals surface area contributed by atoms with Crippen molar-refractivity contribution in [1.29, 1.82) is 0 Å². The summed E-state index contributed by atoms with van der Waals surface area (Å²) < 4.78 is 5.35. The molecule has 0 aromatic heterocycles. The maximum atomic E-state index is 11.9. The van der Waals surface area contributed by atoms with Crippen molar-refractivity contribution >= 4 is 5.78 Å². The zero-order valence-corrected chi connectivity index (χ0v) is 10.5. The molecule has 0 aliphatic heterocycles. The normalized spacial score (nSPS) is 12.1. The van der Waals surface area contributed by atoms with Gasteiger partial charge in [0.2, 0.25) is 0 Å². The Morgan fingerprint density at radius 3 is 2.21 bits per heavy atom. The summed E-state index contributed by atoms with van der Waals surface area (Å²) in [6, 6.07) is 18.4. The lowest BCUT2D eigenvalue weighted by Crippen LogP contribution is -2.26. The molecule has 0 fully saturated rings. The molecule has 0 amide bonds. The van der Waals surface area contributed by atoms with Gasteiger partial charge in [-0.2, -0.15) is 0 Å². The molecule has 2 aromatic carbocycles. The van der Waals surface area contributed by atoms with E-state index in [0.29, 0.717) is 12.2 Å². The molecule has 0 aliphatic rings. The summed E-state index contributed by atoms with van der Waals surface area (Å²) in [5.41, 5.74) is 1.51. The van der Waals surface area contributed by atoms with E-state index in [1.807, 2.05) is 36.4 Å². The summed E-state index contributed by atoms with van der Waals surface area (Å²) >= 11 is 0. The molecule has 3 heteroatoms. The minimum Gasteiger partial charge on any atom is -0.382 e. The second kappa shape index (κ2) is 6.83. The van der Waals surface area contributed by atoms with Crippen LogP contribution in [0.1, 0.15) is 15.9 Å². The van der Waals surface area contributed by atoms with E-state index in [0.717, 1.165) is 5.56 Å². The Balaban J connectivity index is 1.82. The minimum atomic E-state index is -1.12. The van der Waals surface area contributed by atoms with Crippen LogP contribution in [0.15, 0.2) is 60.7 Å². The molecule has 1 unspecified atom stereocenters. The van der Waals surface area contributed by atoms with Crippen molar-refractivity contribution in [3.05, 3.63) is 71.8 Å². The number of carbonyl (C=O) groups is 1. The van der Waals surface area contributed by atoms with E-state index in [9.17, 15) is 9.90 Å².